The van der Waals surface area contributed by atoms with Crippen molar-refractivity contribution in [2.24, 2.45) is 11.7 Å². The molecule has 0 saturated heterocycles. The zero-order chi connectivity index (χ0) is 11.3. The van der Waals surface area contributed by atoms with Crippen molar-refractivity contribution in [3.63, 3.8) is 0 Å². The van der Waals surface area contributed by atoms with Crippen LogP contribution >= 0.6 is 0 Å². The minimum Gasteiger partial charge on any atom is -0.353 e. The molecule has 0 aromatic heterocycles. The summed E-state index contributed by atoms with van der Waals surface area (Å²) in [6, 6.07) is 0.415. The van der Waals surface area contributed by atoms with Crippen molar-refractivity contribution in [1.29, 1.82) is 0 Å². The van der Waals surface area contributed by atoms with Crippen LogP contribution in [0, 0.1) is 5.92 Å². The Balaban J connectivity index is 2.26. The predicted molar refractivity (Wildman–Crippen MR) is 62.4 cm³/mol. The van der Waals surface area contributed by atoms with Gasteiger partial charge in [0.2, 0.25) is 5.91 Å². The Bertz CT molecular complexity index is 228. The largest absolute Gasteiger partial charge is 0.353 e. The van der Waals surface area contributed by atoms with E-state index in [9.17, 15) is 4.79 Å². The van der Waals surface area contributed by atoms with Crippen molar-refractivity contribution in [3.8, 4) is 0 Å². The number of carbonyl (C=O) groups is 1. The standard InChI is InChI=1S/C12H22N2O/c1-3-5-9(2)14-12(15)8-10-6-4-7-11(10)13/h3,9-11H,1,4-8,13H2,2H3,(H,14,15)/t9?,10-,11+/m0/s1. The molecule has 15 heavy (non-hydrogen) atoms. The van der Waals surface area contributed by atoms with Crippen molar-refractivity contribution in [2.75, 3.05) is 0 Å². The first-order chi connectivity index (χ1) is 7.13. The first-order valence-corrected chi connectivity index (χ1v) is 5.79. The molecule has 0 heterocycles. The molecule has 0 spiro atoms. The van der Waals surface area contributed by atoms with Gasteiger partial charge in [0.25, 0.3) is 0 Å². The van der Waals surface area contributed by atoms with Crippen LogP contribution in [0.2, 0.25) is 0 Å². The minimum atomic E-state index is 0.131. The second-order valence-electron chi connectivity index (χ2n) is 4.55. The molecule has 1 amide bonds. The van der Waals surface area contributed by atoms with Crippen LogP contribution in [-0.2, 0) is 4.79 Å². The lowest BCUT2D eigenvalue weighted by Gasteiger charge is -2.17. The second kappa shape index (κ2) is 5.91. The number of amides is 1. The summed E-state index contributed by atoms with van der Waals surface area (Å²) in [5, 5.41) is 2.96. The summed E-state index contributed by atoms with van der Waals surface area (Å²) in [6.07, 6.45) is 6.57. The summed E-state index contributed by atoms with van der Waals surface area (Å²) < 4.78 is 0. The van der Waals surface area contributed by atoms with E-state index in [2.05, 4.69) is 11.9 Å². The van der Waals surface area contributed by atoms with Crippen LogP contribution in [0.3, 0.4) is 0 Å². The molecule has 1 saturated carbocycles. The van der Waals surface area contributed by atoms with Crippen LogP contribution in [0.1, 0.15) is 39.0 Å². The lowest BCUT2D eigenvalue weighted by atomic mass is 9.99. The van der Waals surface area contributed by atoms with Gasteiger partial charge in [0.05, 0.1) is 0 Å². The van der Waals surface area contributed by atoms with Gasteiger partial charge in [-0.2, -0.15) is 0 Å². The third kappa shape index (κ3) is 4.04. The zero-order valence-electron chi connectivity index (χ0n) is 9.54. The fourth-order valence-corrected chi connectivity index (χ4v) is 2.20. The maximum absolute atomic E-state index is 11.6. The Labute approximate surface area is 92.1 Å². The van der Waals surface area contributed by atoms with E-state index in [0.29, 0.717) is 12.3 Å². The normalized spacial score (nSPS) is 27.3. The van der Waals surface area contributed by atoms with Gasteiger partial charge < -0.3 is 11.1 Å². The summed E-state index contributed by atoms with van der Waals surface area (Å²) in [4.78, 5) is 11.6. The lowest BCUT2D eigenvalue weighted by Crippen LogP contribution is -2.36. The highest BCUT2D eigenvalue weighted by molar-refractivity contribution is 5.76. The number of nitrogens with one attached hydrogen (secondary N) is 1. The maximum Gasteiger partial charge on any atom is 0.220 e. The molecule has 0 radical (unpaired) electrons. The SMILES string of the molecule is C=CCC(C)NC(=O)C[C@@H]1CCC[C@H]1N. The topological polar surface area (TPSA) is 55.1 Å². The molecular weight excluding hydrogens is 188 g/mol. The molecule has 3 atom stereocenters. The van der Waals surface area contributed by atoms with Gasteiger partial charge in [-0.3, -0.25) is 4.79 Å². The Morgan fingerprint density at radius 2 is 2.40 bits per heavy atom. The molecule has 0 aromatic rings. The fraction of sp³-hybridized carbons (Fsp3) is 0.750. The van der Waals surface area contributed by atoms with Crippen molar-refractivity contribution >= 4 is 5.91 Å². The monoisotopic (exact) mass is 210 g/mol. The second-order valence-corrected chi connectivity index (χ2v) is 4.55. The Kier molecular flexibility index (Phi) is 4.82. The zero-order valence-corrected chi connectivity index (χ0v) is 9.54. The van der Waals surface area contributed by atoms with Crippen LogP contribution < -0.4 is 11.1 Å². The lowest BCUT2D eigenvalue weighted by molar-refractivity contribution is -0.122. The summed E-state index contributed by atoms with van der Waals surface area (Å²) in [5.74, 6) is 0.521. The molecule has 1 fully saturated rings. The molecule has 1 aliphatic rings. The quantitative estimate of drug-likeness (QED) is 0.677. The number of nitrogens with two attached hydrogens (primary N) is 1. The van der Waals surface area contributed by atoms with Crippen molar-refractivity contribution in [2.45, 2.75) is 51.1 Å². The smallest absolute Gasteiger partial charge is 0.220 e. The van der Waals surface area contributed by atoms with Crippen LogP contribution in [0.5, 0.6) is 0 Å². The van der Waals surface area contributed by atoms with Gasteiger partial charge in [-0.15, -0.1) is 6.58 Å². The van der Waals surface area contributed by atoms with Crippen molar-refractivity contribution in [3.05, 3.63) is 12.7 Å². The summed E-state index contributed by atoms with van der Waals surface area (Å²) in [6.45, 7) is 5.65. The van der Waals surface area contributed by atoms with E-state index in [-0.39, 0.29) is 18.0 Å². The van der Waals surface area contributed by atoms with Gasteiger partial charge in [-0.25, -0.2) is 0 Å². The average Bonchev–Trinajstić information content (AvgIpc) is 2.52. The van der Waals surface area contributed by atoms with E-state index in [0.717, 1.165) is 19.3 Å². The Hall–Kier alpha value is -0.830. The number of hydrogen-bond donors (Lipinski definition) is 2. The molecule has 0 aromatic carbocycles. The van der Waals surface area contributed by atoms with E-state index in [1.54, 1.807) is 0 Å². The van der Waals surface area contributed by atoms with Crippen LogP contribution in [-0.4, -0.2) is 18.0 Å². The van der Waals surface area contributed by atoms with Crippen LogP contribution in [0.4, 0.5) is 0 Å². The highest BCUT2D eigenvalue weighted by Crippen LogP contribution is 2.26. The van der Waals surface area contributed by atoms with E-state index in [1.807, 2.05) is 13.0 Å². The molecule has 86 valence electrons. The van der Waals surface area contributed by atoms with Gasteiger partial charge >= 0.3 is 0 Å². The van der Waals surface area contributed by atoms with Gasteiger partial charge in [0.15, 0.2) is 0 Å². The minimum absolute atomic E-state index is 0.131. The summed E-state index contributed by atoms with van der Waals surface area (Å²) in [5.41, 5.74) is 5.92. The first kappa shape index (κ1) is 12.2. The van der Waals surface area contributed by atoms with Crippen LogP contribution in [0.15, 0.2) is 12.7 Å². The number of rotatable bonds is 5. The van der Waals surface area contributed by atoms with Crippen LogP contribution in [0.25, 0.3) is 0 Å². The van der Waals surface area contributed by atoms with E-state index < -0.39 is 0 Å². The van der Waals surface area contributed by atoms with Gasteiger partial charge in [-0.05, 0) is 32.1 Å². The van der Waals surface area contributed by atoms with Crippen molar-refractivity contribution in [1.82, 2.24) is 5.32 Å². The Morgan fingerprint density at radius 1 is 1.67 bits per heavy atom. The molecular formula is C12H22N2O. The molecule has 1 aliphatic carbocycles. The maximum atomic E-state index is 11.6. The van der Waals surface area contributed by atoms with E-state index in [4.69, 9.17) is 5.73 Å². The molecule has 0 bridgehead atoms. The molecule has 3 heteroatoms. The predicted octanol–water partition coefficient (Wildman–Crippen LogP) is 1.58. The third-order valence-corrected chi connectivity index (χ3v) is 3.09. The van der Waals surface area contributed by atoms with Gasteiger partial charge in [-0.1, -0.05) is 12.5 Å². The molecule has 3 N–H and O–H groups in total. The average molecular weight is 210 g/mol. The summed E-state index contributed by atoms with van der Waals surface area (Å²) >= 11 is 0. The van der Waals surface area contributed by atoms with Gasteiger partial charge in [0, 0.05) is 18.5 Å². The molecule has 3 nitrogen and oxygen atoms in total. The van der Waals surface area contributed by atoms with Gasteiger partial charge in [0.1, 0.15) is 0 Å². The molecule has 1 unspecified atom stereocenters. The molecule has 0 aliphatic heterocycles. The number of carbonyl (C=O) groups excluding carboxylic acids is 1. The third-order valence-electron chi connectivity index (χ3n) is 3.09. The van der Waals surface area contributed by atoms with E-state index >= 15 is 0 Å². The highest BCUT2D eigenvalue weighted by atomic mass is 16.1. The fourth-order valence-electron chi connectivity index (χ4n) is 2.20. The van der Waals surface area contributed by atoms with E-state index in [1.165, 1.54) is 6.42 Å². The Morgan fingerprint density at radius 3 is 2.93 bits per heavy atom. The first-order valence-electron chi connectivity index (χ1n) is 5.79. The number of hydrogen-bond acceptors (Lipinski definition) is 2. The summed E-state index contributed by atoms with van der Waals surface area (Å²) in [7, 11) is 0. The molecule has 1 rings (SSSR count). The highest BCUT2D eigenvalue weighted by Gasteiger charge is 2.26. The van der Waals surface area contributed by atoms with Crippen molar-refractivity contribution < 1.29 is 4.79 Å².